The molecule has 2 N–H and O–H groups in total. The van der Waals surface area contributed by atoms with Gasteiger partial charge in [-0.1, -0.05) is 244 Å². The van der Waals surface area contributed by atoms with Crippen LogP contribution in [0.4, 0.5) is 0 Å². The van der Waals surface area contributed by atoms with E-state index in [-0.39, 0.29) is 60.8 Å². The Morgan fingerprint density at radius 3 is 1.45 bits per heavy atom. The van der Waals surface area contributed by atoms with Crippen LogP contribution in [0.15, 0.2) is 108 Å². The molecular weight excluding hydrogens is 1310 g/mol. The number of thiazole rings is 2. The number of ether oxygens (including phenoxy) is 1. The molecule has 0 amide bonds. The Hall–Kier alpha value is -7.87. The van der Waals surface area contributed by atoms with E-state index in [1.54, 1.807) is 83.2 Å². The van der Waals surface area contributed by atoms with Gasteiger partial charge >= 0.3 is 5.97 Å². The fourth-order valence-corrected chi connectivity index (χ4v) is 10.8. The molecular formula is C81H116N10O4S4. The minimum absolute atomic E-state index is 0.0360. The highest BCUT2D eigenvalue weighted by Crippen LogP contribution is 2.32. The maximum atomic E-state index is 10.8. The number of carbonyl (C=O) groups is 1. The van der Waals surface area contributed by atoms with E-state index in [2.05, 4.69) is 304 Å². The molecule has 9 heterocycles. The van der Waals surface area contributed by atoms with Crippen molar-refractivity contribution >= 4 is 88.2 Å². The Morgan fingerprint density at radius 2 is 1.15 bits per heavy atom. The molecule has 0 saturated heterocycles. The van der Waals surface area contributed by atoms with E-state index in [4.69, 9.17) is 26.5 Å². The van der Waals surface area contributed by atoms with Crippen LogP contribution in [-0.4, -0.2) is 61.1 Å². The summed E-state index contributed by atoms with van der Waals surface area (Å²) >= 11 is 6.41. The zero-order valence-electron chi connectivity index (χ0n) is 64.8. The third kappa shape index (κ3) is 32.8. The third-order valence-corrected chi connectivity index (χ3v) is 18.0. The van der Waals surface area contributed by atoms with Crippen LogP contribution in [0, 0.1) is 30.1 Å². The summed E-state index contributed by atoms with van der Waals surface area (Å²) in [6.07, 6.45) is 32.4. The van der Waals surface area contributed by atoms with Gasteiger partial charge in [0, 0.05) is 84.4 Å². The van der Waals surface area contributed by atoms with Gasteiger partial charge in [0.1, 0.15) is 39.0 Å². The first-order valence-electron chi connectivity index (χ1n) is 32.8. The second kappa shape index (κ2) is 38.6. The number of hydrogen-bond donors (Lipinski definition) is 2. The molecule has 1 aliphatic rings. The van der Waals surface area contributed by atoms with Gasteiger partial charge in [-0.25, -0.2) is 24.7 Å². The SMILES string of the molecule is C#Cc1[nH]ncc1C(C)(C)C.C#Cc1ncc(C(C)(C)C)[nH]1.C=Cc1cc(C(C)(C)C)on1.C=Cc1cc(C(C)(C)C)sn1.C=Cc1nc(C(C)(C)C)cs1.C=Cc1ncc(C(C)(C)C)o1.C=Cc1ncc(C(C)(C)C)s1.C=Cc1nscc1C(C)(C)C.CC(C)(C)C1CC=CC(=O)O1. The van der Waals surface area contributed by atoms with Crippen molar-refractivity contribution in [3.05, 3.63) is 188 Å². The van der Waals surface area contributed by atoms with Gasteiger partial charge in [0.15, 0.2) is 5.82 Å². The topological polar surface area (TPSA) is 187 Å². The number of rotatable bonds is 6. The van der Waals surface area contributed by atoms with Gasteiger partial charge in [0.2, 0.25) is 5.89 Å². The molecule has 0 aromatic carbocycles. The monoisotopic (exact) mass is 1420 g/mol. The standard InChI is InChI=1S/2C9H12N2.2C9H13NO.4C9H13NS.C9H14O2/c1-5-8-10-6-7(11-8)9(2,3)4;1-5-8-7(6-10-11-8)9(2,3)4;1-5-8-10-6-7(11-8)9(2,3)4;1-5-7-6-8(11-10-7)9(2,3)4;1-5-8-10-7(6-11-8)9(2,3)4;1-5-8-10-6-7(11-8)9(2,3)4;1-5-8-7(6-11-10-8)9(2,3)4;1-5-7-6-8(11-10-7)9(2,3)4;1-9(2,3)7-5-4-6-8(10)11-7/h2*1,6H,2-4H3,(H,10,11);6*5-6H,1H2,2-4H3;4,6-7H,5H2,1-3H3. The number of cyclic esters (lactones) is 1. The van der Waals surface area contributed by atoms with Crippen molar-refractivity contribution in [2.75, 3.05) is 0 Å². The number of oxazole rings is 1. The molecule has 99 heavy (non-hydrogen) atoms. The summed E-state index contributed by atoms with van der Waals surface area (Å²) in [6.45, 7) is 79.5. The van der Waals surface area contributed by atoms with Crippen LogP contribution in [-0.2, 0) is 52.9 Å². The summed E-state index contributed by atoms with van der Waals surface area (Å²) in [5.74, 6) is 7.80. The molecule has 0 radical (unpaired) electrons. The highest BCUT2D eigenvalue weighted by atomic mass is 32.1. The molecule has 14 nitrogen and oxygen atoms in total. The number of hydrogen-bond acceptors (Lipinski definition) is 16. The molecule has 0 spiro atoms. The van der Waals surface area contributed by atoms with Crippen LogP contribution in [0.3, 0.4) is 0 Å². The van der Waals surface area contributed by atoms with Gasteiger partial charge in [0.05, 0.1) is 29.5 Å². The molecule has 18 heteroatoms. The first-order valence-corrected chi connectivity index (χ1v) is 36.1. The summed E-state index contributed by atoms with van der Waals surface area (Å²) < 4.78 is 24.0. The zero-order chi connectivity index (χ0) is 76.3. The van der Waals surface area contributed by atoms with Crippen molar-refractivity contribution in [1.29, 1.82) is 0 Å². The van der Waals surface area contributed by atoms with E-state index < -0.39 is 0 Å². The summed E-state index contributed by atoms with van der Waals surface area (Å²) in [6, 6.07) is 4.00. The number of nitrogens with one attached hydrogen (secondary N) is 2. The van der Waals surface area contributed by atoms with Gasteiger partial charge < -0.3 is 18.7 Å². The van der Waals surface area contributed by atoms with Crippen molar-refractivity contribution in [2.24, 2.45) is 5.41 Å². The maximum absolute atomic E-state index is 10.8. The molecule has 0 aliphatic carbocycles. The van der Waals surface area contributed by atoms with E-state index in [9.17, 15) is 4.79 Å². The first-order chi connectivity index (χ1) is 45.3. The third-order valence-electron chi connectivity index (χ3n) is 13.8. The molecule has 538 valence electrons. The number of carbonyl (C=O) groups excluding carboxylic acids is 1. The van der Waals surface area contributed by atoms with Crippen LogP contribution in [0.25, 0.3) is 36.5 Å². The number of aromatic amines is 2. The van der Waals surface area contributed by atoms with E-state index in [1.165, 1.54) is 32.9 Å². The minimum atomic E-state index is -0.212. The van der Waals surface area contributed by atoms with Crippen molar-refractivity contribution in [1.82, 2.24) is 49.0 Å². The summed E-state index contributed by atoms with van der Waals surface area (Å²) in [4.78, 5) is 33.1. The van der Waals surface area contributed by atoms with Gasteiger partial charge in [-0.15, -0.1) is 35.5 Å². The first kappa shape index (κ1) is 89.1. The van der Waals surface area contributed by atoms with Gasteiger partial charge in [-0.2, -0.15) is 13.8 Å². The second-order valence-corrected chi connectivity index (χ2v) is 35.7. The number of H-pyrrole nitrogens is 2. The Bertz CT molecular complexity index is 3570. The van der Waals surface area contributed by atoms with Crippen LogP contribution in [0.1, 0.15) is 282 Å². The molecule has 1 unspecified atom stereocenters. The van der Waals surface area contributed by atoms with Crippen molar-refractivity contribution < 1.29 is 18.5 Å². The van der Waals surface area contributed by atoms with Crippen molar-refractivity contribution in [3.8, 4) is 24.7 Å². The maximum Gasteiger partial charge on any atom is 0.330 e. The lowest BCUT2D eigenvalue weighted by atomic mass is 9.86. The van der Waals surface area contributed by atoms with E-state index in [0.29, 0.717) is 11.7 Å². The normalized spacial score (nSPS) is 12.9. The second-order valence-electron chi connectivity index (χ2n) is 32.3. The van der Waals surface area contributed by atoms with Crippen molar-refractivity contribution in [3.63, 3.8) is 0 Å². The Balaban J connectivity index is 0.000000557. The van der Waals surface area contributed by atoms with Crippen LogP contribution >= 0.6 is 45.7 Å². The number of imidazole rings is 1. The lowest BCUT2D eigenvalue weighted by molar-refractivity contribution is -0.149. The predicted octanol–water partition coefficient (Wildman–Crippen LogP) is 22.8. The quantitative estimate of drug-likeness (QED) is 0.119. The molecule has 8 aromatic heterocycles. The summed E-state index contributed by atoms with van der Waals surface area (Å²) in [5, 5.41) is 16.7. The smallest absolute Gasteiger partial charge is 0.330 e. The van der Waals surface area contributed by atoms with E-state index in [0.717, 1.165) is 67.7 Å². The van der Waals surface area contributed by atoms with Crippen LogP contribution < -0.4 is 0 Å². The summed E-state index contributed by atoms with van der Waals surface area (Å²) in [5.41, 5.74) is 9.32. The van der Waals surface area contributed by atoms with E-state index >= 15 is 0 Å². The Morgan fingerprint density at radius 1 is 0.566 bits per heavy atom. The van der Waals surface area contributed by atoms with Gasteiger partial charge in [-0.05, 0) is 104 Å². The number of esters is 1. The fraction of sp³-hybridized carbons (Fsp3) is 0.469. The van der Waals surface area contributed by atoms with Crippen LogP contribution in [0.5, 0.6) is 0 Å². The molecule has 0 bridgehead atoms. The molecule has 8 aromatic rings. The molecule has 1 aliphatic heterocycles. The fourth-order valence-electron chi connectivity index (χ4n) is 7.40. The largest absolute Gasteiger partial charge is 0.458 e. The lowest BCUT2D eigenvalue weighted by Crippen LogP contribution is -2.32. The molecule has 9 rings (SSSR count). The summed E-state index contributed by atoms with van der Waals surface area (Å²) in [7, 11) is 0. The van der Waals surface area contributed by atoms with Crippen molar-refractivity contribution in [2.45, 2.75) is 243 Å². The highest BCUT2D eigenvalue weighted by Gasteiger charge is 2.29. The Labute approximate surface area is 612 Å². The number of terminal acetylenes is 2. The van der Waals surface area contributed by atoms with Crippen LogP contribution in [0.2, 0.25) is 0 Å². The molecule has 0 fully saturated rings. The van der Waals surface area contributed by atoms with Gasteiger partial charge in [0.25, 0.3) is 0 Å². The highest BCUT2D eigenvalue weighted by molar-refractivity contribution is 7.12. The van der Waals surface area contributed by atoms with Gasteiger partial charge in [-0.3, -0.25) is 5.10 Å². The average molecular weight is 1420 g/mol. The Kier molecular flexibility index (Phi) is 34.8. The predicted molar refractivity (Wildman–Crippen MR) is 428 cm³/mol. The average Bonchev–Trinajstić information content (AvgIpc) is 1.84. The van der Waals surface area contributed by atoms with E-state index in [1.807, 2.05) is 24.4 Å². The minimum Gasteiger partial charge on any atom is -0.458 e. The number of nitrogens with zero attached hydrogens (tertiary/aromatic N) is 8. The number of aromatic nitrogens is 10. The molecule has 0 saturated carbocycles. The zero-order valence-corrected chi connectivity index (χ0v) is 68.0. The lowest BCUT2D eigenvalue weighted by Gasteiger charge is -2.30. The molecule has 1 atom stereocenters.